The molecule has 0 unspecified atom stereocenters. The van der Waals surface area contributed by atoms with E-state index in [1.165, 1.54) is 4.88 Å². The molecule has 2 aromatic rings. The van der Waals surface area contributed by atoms with Gasteiger partial charge in [0, 0.05) is 11.4 Å². The minimum absolute atomic E-state index is 0.749. The molecule has 0 bridgehead atoms. The molecule has 0 spiro atoms. The van der Waals surface area contributed by atoms with E-state index >= 15 is 0 Å². The van der Waals surface area contributed by atoms with Gasteiger partial charge in [0.15, 0.2) is 0 Å². The standard InChI is InChI=1S/C11H16N4S/c1-3-15-11(10(12)8(2)14-15)13-7-9-5-4-6-16-9/h4-6,13H,3,7,12H2,1-2H3. The third kappa shape index (κ3) is 2.04. The predicted octanol–water partition coefficient (Wildman–Crippen LogP) is 2.47. The van der Waals surface area contributed by atoms with E-state index in [-0.39, 0.29) is 0 Å². The van der Waals surface area contributed by atoms with Crippen molar-refractivity contribution in [1.29, 1.82) is 0 Å². The summed E-state index contributed by atoms with van der Waals surface area (Å²) in [6.45, 7) is 5.61. The van der Waals surface area contributed by atoms with Gasteiger partial charge in [-0.2, -0.15) is 5.10 Å². The van der Waals surface area contributed by atoms with Gasteiger partial charge in [0.25, 0.3) is 0 Å². The van der Waals surface area contributed by atoms with Gasteiger partial charge in [-0.3, -0.25) is 0 Å². The normalized spacial score (nSPS) is 10.6. The quantitative estimate of drug-likeness (QED) is 0.857. The van der Waals surface area contributed by atoms with Gasteiger partial charge in [-0.15, -0.1) is 11.3 Å². The Kier molecular flexibility index (Phi) is 3.14. The zero-order valence-electron chi connectivity index (χ0n) is 9.53. The average molecular weight is 236 g/mol. The molecule has 0 aliphatic carbocycles. The SMILES string of the molecule is CCn1nc(C)c(N)c1NCc1cccs1. The Morgan fingerprint density at radius 3 is 3.00 bits per heavy atom. The Hall–Kier alpha value is -1.49. The largest absolute Gasteiger partial charge is 0.394 e. The highest BCUT2D eigenvalue weighted by Crippen LogP contribution is 2.23. The first-order valence-corrected chi connectivity index (χ1v) is 6.19. The molecular formula is C11H16N4S. The maximum Gasteiger partial charge on any atom is 0.148 e. The summed E-state index contributed by atoms with van der Waals surface area (Å²) in [6, 6.07) is 4.15. The van der Waals surface area contributed by atoms with Crippen LogP contribution in [0.25, 0.3) is 0 Å². The molecular weight excluding hydrogens is 220 g/mol. The van der Waals surface area contributed by atoms with Crippen molar-refractivity contribution in [2.24, 2.45) is 0 Å². The molecule has 2 heterocycles. The molecule has 86 valence electrons. The zero-order chi connectivity index (χ0) is 11.5. The van der Waals surface area contributed by atoms with E-state index in [4.69, 9.17) is 5.73 Å². The molecule has 0 aliphatic heterocycles. The number of nitrogens with two attached hydrogens (primary N) is 1. The van der Waals surface area contributed by atoms with Gasteiger partial charge >= 0.3 is 0 Å². The van der Waals surface area contributed by atoms with E-state index in [0.29, 0.717) is 0 Å². The fraction of sp³-hybridized carbons (Fsp3) is 0.364. The number of nitrogens with one attached hydrogen (secondary N) is 1. The molecule has 2 rings (SSSR count). The van der Waals surface area contributed by atoms with E-state index in [1.807, 2.05) is 17.7 Å². The molecule has 4 nitrogen and oxygen atoms in total. The van der Waals surface area contributed by atoms with E-state index in [2.05, 4.69) is 28.8 Å². The highest BCUT2D eigenvalue weighted by Gasteiger charge is 2.10. The van der Waals surface area contributed by atoms with E-state index in [0.717, 1.165) is 30.3 Å². The molecule has 2 aromatic heterocycles. The first-order chi connectivity index (χ1) is 7.72. The van der Waals surface area contributed by atoms with Crippen molar-refractivity contribution in [3.05, 3.63) is 28.1 Å². The van der Waals surface area contributed by atoms with Crippen molar-refractivity contribution >= 4 is 22.8 Å². The summed E-state index contributed by atoms with van der Waals surface area (Å²) < 4.78 is 1.90. The molecule has 0 aliphatic rings. The number of thiophene rings is 1. The average Bonchev–Trinajstić information content (AvgIpc) is 2.87. The molecule has 0 fully saturated rings. The van der Waals surface area contributed by atoms with Crippen molar-refractivity contribution in [2.45, 2.75) is 26.9 Å². The second kappa shape index (κ2) is 4.57. The summed E-state index contributed by atoms with van der Waals surface area (Å²) in [6.07, 6.45) is 0. The summed E-state index contributed by atoms with van der Waals surface area (Å²) in [4.78, 5) is 1.29. The summed E-state index contributed by atoms with van der Waals surface area (Å²) in [5.41, 5.74) is 7.61. The fourth-order valence-electron chi connectivity index (χ4n) is 1.59. The Morgan fingerprint density at radius 1 is 1.56 bits per heavy atom. The minimum Gasteiger partial charge on any atom is -0.394 e. The van der Waals surface area contributed by atoms with Crippen LogP contribution in [0.15, 0.2) is 17.5 Å². The molecule has 3 N–H and O–H groups in total. The van der Waals surface area contributed by atoms with Gasteiger partial charge in [0.2, 0.25) is 0 Å². The van der Waals surface area contributed by atoms with Gasteiger partial charge in [0.1, 0.15) is 5.82 Å². The van der Waals surface area contributed by atoms with Gasteiger partial charge in [-0.05, 0) is 25.3 Å². The predicted molar refractivity (Wildman–Crippen MR) is 68.7 cm³/mol. The second-order valence-electron chi connectivity index (χ2n) is 3.60. The van der Waals surface area contributed by atoms with Crippen LogP contribution in [0.2, 0.25) is 0 Å². The van der Waals surface area contributed by atoms with Gasteiger partial charge in [0.05, 0.1) is 17.9 Å². The number of aryl methyl sites for hydroxylation is 2. The Labute approximate surface area is 99.1 Å². The summed E-state index contributed by atoms with van der Waals surface area (Å²) >= 11 is 1.74. The highest BCUT2D eigenvalue weighted by molar-refractivity contribution is 7.09. The third-order valence-corrected chi connectivity index (χ3v) is 3.36. The first-order valence-electron chi connectivity index (χ1n) is 5.31. The summed E-state index contributed by atoms with van der Waals surface area (Å²) in [7, 11) is 0. The number of hydrogen-bond donors (Lipinski definition) is 2. The van der Waals surface area contributed by atoms with Crippen LogP contribution < -0.4 is 11.1 Å². The van der Waals surface area contributed by atoms with Crippen LogP contribution in [0.4, 0.5) is 11.5 Å². The Balaban J connectivity index is 2.14. The molecule has 0 saturated carbocycles. The summed E-state index contributed by atoms with van der Waals surface area (Å²) in [5, 5.41) is 9.77. The smallest absolute Gasteiger partial charge is 0.148 e. The molecule has 0 saturated heterocycles. The lowest BCUT2D eigenvalue weighted by atomic mass is 10.4. The monoisotopic (exact) mass is 236 g/mol. The van der Waals surface area contributed by atoms with Crippen molar-refractivity contribution in [2.75, 3.05) is 11.1 Å². The minimum atomic E-state index is 0.749. The van der Waals surface area contributed by atoms with Gasteiger partial charge in [-0.25, -0.2) is 4.68 Å². The molecule has 0 aromatic carbocycles. The van der Waals surface area contributed by atoms with Crippen LogP contribution in [0.3, 0.4) is 0 Å². The van der Waals surface area contributed by atoms with Crippen LogP contribution in [-0.2, 0) is 13.1 Å². The van der Waals surface area contributed by atoms with Gasteiger partial charge < -0.3 is 11.1 Å². The van der Waals surface area contributed by atoms with Crippen molar-refractivity contribution < 1.29 is 0 Å². The van der Waals surface area contributed by atoms with Crippen LogP contribution in [0, 0.1) is 6.92 Å². The number of rotatable bonds is 4. The summed E-state index contributed by atoms with van der Waals surface area (Å²) in [5.74, 6) is 0.924. The second-order valence-corrected chi connectivity index (χ2v) is 4.63. The number of nitrogens with zero attached hydrogens (tertiary/aromatic N) is 2. The van der Waals surface area contributed by atoms with Crippen LogP contribution in [0.5, 0.6) is 0 Å². The van der Waals surface area contributed by atoms with Crippen LogP contribution in [-0.4, -0.2) is 9.78 Å². The van der Waals surface area contributed by atoms with Crippen LogP contribution >= 0.6 is 11.3 Å². The molecule has 16 heavy (non-hydrogen) atoms. The topological polar surface area (TPSA) is 55.9 Å². The number of aromatic nitrogens is 2. The van der Waals surface area contributed by atoms with Crippen molar-refractivity contribution in [1.82, 2.24) is 9.78 Å². The maximum atomic E-state index is 5.98. The third-order valence-electron chi connectivity index (χ3n) is 2.48. The Bertz CT molecular complexity index is 459. The molecule has 0 atom stereocenters. The Morgan fingerprint density at radius 2 is 2.38 bits per heavy atom. The fourth-order valence-corrected chi connectivity index (χ4v) is 2.24. The number of nitrogen functional groups attached to an aromatic ring is 1. The molecule has 5 heteroatoms. The van der Waals surface area contributed by atoms with E-state index in [1.54, 1.807) is 11.3 Å². The van der Waals surface area contributed by atoms with Crippen molar-refractivity contribution in [3.8, 4) is 0 Å². The maximum absolute atomic E-state index is 5.98. The lowest BCUT2D eigenvalue weighted by Crippen LogP contribution is -2.07. The van der Waals surface area contributed by atoms with Crippen LogP contribution in [0.1, 0.15) is 17.5 Å². The first kappa shape index (κ1) is 11.0. The molecule has 0 radical (unpaired) electrons. The molecule has 0 amide bonds. The zero-order valence-corrected chi connectivity index (χ0v) is 10.3. The van der Waals surface area contributed by atoms with Gasteiger partial charge in [-0.1, -0.05) is 6.07 Å². The van der Waals surface area contributed by atoms with Crippen molar-refractivity contribution in [3.63, 3.8) is 0 Å². The highest BCUT2D eigenvalue weighted by atomic mass is 32.1. The number of anilines is 2. The number of hydrogen-bond acceptors (Lipinski definition) is 4. The lowest BCUT2D eigenvalue weighted by molar-refractivity contribution is 0.658. The van der Waals surface area contributed by atoms with E-state index in [9.17, 15) is 0 Å². The lowest BCUT2D eigenvalue weighted by Gasteiger charge is -2.07. The van der Waals surface area contributed by atoms with E-state index < -0.39 is 0 Å².